The Kier molecular flexibility index (Phi) is 22.6. The van der Waals surface area contributed by atoms with Gasteiger partial charge in [0, 0.05) is 12.8 Å². The van der Waals surface area contributed by atoms with Crippen molar-refractivity contribution in [2.75, 3.05) is 19.6 Å². The molecule has 0 atom stereocenters. The van der Waals surface area contributed by atoms with Crippen LogP contribution in [0.2, 0.25) is 0 Å². The standard InChI is InChI=1S/C10H13NO8.H3N.4Na.4H/c12-6(13)3-11(4-7(14)15,5-8(16)17)10(1-2-10)9(18)19;;;;;;;;;/h1-5H2,(H3-,12,13,14,15,16,17,18,19);1H3;;;;;;;;. The normalized spacial score (nSPS) is 13.2. The summed E-state index contributed by atoms with van der Waals surface area (Å²) in [5.74, 6) is -6.00. The molecule has 1 fully saturated rings. The van der Waals surface area contributed by atoms with Gasteiger partial charge < -0.3 is 31.4 Å². The molecule has 1 aliphatic rings. The Bertz CT molecular complexity index is 417. The molecule has 0 spiro atoms. The van der Waals surface area contributed by atoms with Crippen molar-refractivity contribution in [3.63, 3.8) is 0 Å². The van der Waals surface area contributed by atoms with E-state index in [1.165, 1.54) is 0 Å². The van der Waals surface area contributed by atoms with E-state index in [0.29, 0.717) is 0 Å². The number of hydrogen-bond acceptors (Lipinski definition) is 6. The molecular weight excluding hydrogens is 368 g/mol. The zero-order chi connectivity index (χ0) is 14.8. The van der Waals surface area contributed by atoms with Gasteiger partial charge in [-0.2, -0.15) is 0 Å². The van der Waals surface area contributed by atoms with Gasteiger partial charge in [0.1, 0.15) is 11.5 Å². The summed E-state index contributed by atoms with van der Waals surface area (Å²) in [7, 11) is 0. The summed E-state index contributed by atoms with van der Waals surface area (Å²) in [5.41, 5.74) is -1.74. The van der Waals surface area contributed by atoms with E-state index in [2.05, 4.69) is 0 Å². The molecule has 1 rings (SSSR count). The van der Waals surface area contributed by atoms with Crippen molar-refractivity contribution >= 4 is 142 Å². The van der Waals surface area contributed by atoms with Gasteiger partial charge >= 0.3 is 136 Å². The first-order valence-corrected chi connectivity index (χ1v) is 5.38. The van der Waals surface area contributed by atoms with Crippen LogP contribution >= 0.6 is 0 Å². The van der Waals surface area contributed by atoms with Crippen molar-refractivity contribution in [1.82, 2.24) is 6.15 Å². The molecule has 0 aromatic carbocycles. The van der Waals surface area contributed by atoms with E-state index in [1.54, 1.807) is 0 Å². The average Bonchev–Trinajstić information content (AvgIpc) is 2.93. The molecule has 0 heterocycles. The van der Waals surface area contributed by atoms with Crippen LogP contribution in [0.3, 0.4) is 0 Å². The summed E-state index contributed by atoms with van der Waals surface area (Å²) in [6, 6.07) is 0. The van der Waals surface area contributed by atoms with Gasteiger partial charge in [0.25, 0.3) is 0 Å². The molecule has 0 amide bonds. The Morgan fingerprint density at radius 1 is 0.792 bits per heavy atom. The van der Waals surface area contributed by atoms with Crippen LogP contribution in [0.4, 0.5) is 0 Å². The van der Waals surface area contributed by atoms with Crippen molar-refractivity contribution in [1.29, 1.82) is 0 Å². The number of rotatable bonds is 8. The van der Waals surface area contributed by atoms with Gasteiger partial charge in [-0.1, -0.05) is 0 Å². The van der Waals surface area contributed by atoms with Crippen molar-refractivity contribution < 1.29 is 44.1 Å². The molecule has 24 heavy (non-hydrogen) atoms. The molecule has 14 heteroatoms. The fourth-order valence-corrected chi connectivity index (χ4v) is 2.39. The number of carboxylic acids is 4. The number of aliphatic carboxylic acids is 4. The summed E-state index contributed by atoms with van der Waals surface area (Å²) < 4.78 is -1.07. The number of hydrogen-bond donors (Lipinski definition) is 4. The molecule has 0 saturated heterocycles. The summed E-state index contributed by atoms with van der Waals surface area (Å²) >= 11 is 0. The molecule has 0 aromatic rings. The van der Waals surface area contributed by atoms with Crippen LogP contribution in [0.25, 0.3) is 0 Å². The van der Waals surface area contributed by atoms with Crippen molar-refractivity contribution in [2.24, 2.45) is 0 Å². The van der Waals surface area contributed by atoms with Gasteiger partial charge in [-0.15, -0.1) is 0 Å². The van der Waals surface area contributed by atoms with Crippen LogP contribution in [0, 0.1) is 0 Å². The predicted molar refractivity (Wildman–Crippen MR) is 88.4 cm³/mol. The van der Waals surface area contributed by atoms with E-state index in [9.17, 15) is 24.3 Å². The second-order valence-electron chi connectivity index (χ2n) is 4.62. The van der Waals surface area contributed by atoms with E-state index in [4.69, 9.17) is 15.3 Å². The SMILES string of the molecule is N.O=C(O)C[N+](CC(=O)O)(CC(=O)O)C1(C(=O)[O-])CC1.[NaH].[NaH].[NaH].[NaH]. The van der Waals surface area contributed by atoms with E-state index >= 15 is 0 Å². The summed E-state index contributed by atoms with van der Waals surface area (Å²) in [5, 5.41) is 37.7. The third-order valence-corrected chi connectivity index (χ3v) is 3.33. The fraction of sp³-hybridized carbons (Fsp3) is 0.600. The molecular formula is C10H20N2Na4O8. The Hall–Kier alpha value is 1.80. The molecule has 1 saturated carbocycles. The average molecular weight is 388 g/mol. The van der Waals surface area contributed by atoms with E-state index in [0.717, 1.165) is 0 Å². The first-order valence-electron chi connectivity index (χ1n) is 5.38. The Morgan fingerprint density at radius 3 is 1.17 bits per heavy atom. The molecule has 0 bridgehead atoms. The van der Waals surface area contributed by atoms with Gasteiger partial charge in [0.15, 0.2) is 19.6 Å². The van der Waals surface area contributed by atoms with Crippen LogP contribution in [0.5, 0.6) is 0 Å². The van der Waals surface area contributed by atoms with Gasteiger partial charge in [-0.3, -0.25) is 4.48 Å². The number of nitrogens with zero attached hydrogens (tertiary/aromatic N) is 1. The van der Waals surface area contributed by atoms with Crippen LogP contribution in [-0.4, -0.2) is 187 Å². The zero-order valence-corrected chi connectivity index (χ0v) is 10.6. The van der Waals surface area contributed by atoms with E-state index in [1.807, 2.05) is 0 Å². The second-order valence-corrected chi connectivity index (χ2v) is 4.62. The van der Waals surface area contributed by atoms with E-state index in [-0.39, 0.29) is 137 Å². The number of carboxylic acid groups (broad SMARTS) is 4. The quantitative estimate of drug-likeness (QED) is 0.233. The third kappa shape index (κ3) is 9.14. The predicted octanol–water partition coefficient (Wildman–Crippen LogP) is -5.09. The second kappa shape index (κ2) is 14.8. The molecule has 0 unspecified atom stereocenters. The summed E-state index contributed by atoms with van der Waals surface area (Å²) in [6.45, 7) is -2.69. The number of carbonyl (C=O) groups is 4. The number of carbonyl (C=O) groups excluding carboxylic acids is 1. The van der Waals surface area contributed by atoms with E-state index < -0.39 is 53.5 Å². The first-order chi connectivity index (χ1) is 8.65. The Labute approximate surface area is 227 Å². The molecule has 10 nitrogen and oxygen atoms in total. The summed E-state index contributed by atoms with van der Waals surface area (Å²) in [6.07, 6.45) is 0.00630. The molecule has 0 radical (unpaired) electrons. The molecule has 0 aromatic heterocycles. The monoisotopic (exact) mass is 388 g/mol. The van der Waals surface area contributed by atoms with Gasteiger partial charge in [0.2, 0.25) is 0 Å². The molecule has 6 N–H and O–H groups in total. The zero-order valence-electron chi connectivity index (χ0n) is 10.6. The minimum atomic E-state index is -1.74. The molecule has 122 valence electrons. The first kappa shape index (κ1) is 36.7. The molecule has 1 aliphatic carbocycles. The Balaban J connectivity index is -0.000000241. The summed E-state index contributed by atoms with van der Waals surface area (Å²) in [4.78, 5) is 43.7. The van der Waals surface area contributed by atoms with Crippen molar-refractivity contribution in [2.45, 2.75) is 18.4 Å². The topological polar surface area (TPSA) is 187 Å². The third-order valence-electron chi connectivity index (χ3n) is 3.33. The van der Waals surface area contributed by atoms with Crippen LogP contribution in [-0.2, 0) is 19.2 Å². The van der Waals surface area contributed by atoms with Crippen LogP contribution < -0.4 is 11.3 Å². The Morgan fingerprint density at radius 2 is 1.04 bits per heavy atom. The van der Waals surface area contributed by atoms with Crippen LogP contribution in [0.15, 0.2) is 0 Å². The number of quaternary nitrogens is 1. The van der Waals surface area contributed by atoms with Crippen LogP contribution in [0.1, 0.15) is 12.8 Å². The fourth-order valence-electron chi connectivity index (χ4n) is 2.39. The maximum absolute atomic E-state index is 11.2. The molecule has 0 aliphatic heterocycles. The minimum absolute atomic E-state index is 0. The maximum atomic E-state index is 11.2. The van der Waals surface area contributed by atoms with Gasteiger partial charge in [-0.05, 0) is 0 Å². The van der Waals surface area contributed by atoms with Gasteiger partial charge in [0.05, 0.1) is 0 Å². The van der Waals surface area contributed by atoms with Crippen molar-refractivity contribution in [3.8, 4) is 0 Å². The van der Waals surface area contributed by atoms with Gasteiger partial charge in [-0.25, -0.2) is 14.4 Å². The van der Waals surface area contributed by atoms with Crippen molar-refractivity contribution in [3.05, 3.63) is 0 Å².